The van der Waals surface area contributed by atoms with Crippen LogP contribution < -0.4 is 10.0 Å². The Balaban J connectivity index is 2.12. The zero-order chi connectivity index (χ0) is 21.3. The first-order valence-electron chi connectivity index (χ1n) is 9.64. The van der Waals surface area contributed by atoms with E-state index in [1.165, 1.54) is 18.2 Å². The zero-order valence-electron chi connectivity index (χ0n) is 16.7. The summed E-state index contributed by atoms with van der Waals surface area (Å²) in [7, 11) is -3.86. The van der Waals surface area contributed by atoms with Crippen molar-refractivity contribution in [3.8, 4) is 0 Å². The van der Waals surface area contributed by atoms with Gasteiger partial charge in [0.1, 0.15) is 0 Å². The van der Waals surface area contributed by atoms with Gasteiger partial charge in [0.15, 0.2) is 0 Å². The van der Waals surface area contributed by atoms with E-state index in [1.54, 1.807) is 12.1 Å². The molecule has 0 radical (unpaired) electrons. The molecule has 0 saturated heterocycles. The number of carbonyl (C=O) groups excluding carboxylic acids is 1. The fraction of sp³-hybridized carbons (Fsp3) is 0.381. The van der Waals surface area contributed by atoms with Gasteiger partial charge in [-0.1, -0.05) is 37.1 Å². The van der Waals surface area contributed by atoms with E-state index in [0.717, 1.165) is 24.8 Å². The number of hydrogen-bond acceptors (Lipinski definition) is 4. The van der Waals surface area contributed by atoms with Crippen molar-refractivity contribution in [2.45, 2.75) is 38.0 Å². The Hall–Kier alpha value is -2.09. The summed E-state index contributed by atoms with van der Waals surface area (Å²) in [5.41, 5.74) is 1.72. The van der Waals surface area contributed by atoms with Crippen molar-refractivity contribution >= 4 is 33.2 Å². The fourth-order valence-electron chi connectivity index (χ4n) is 2.66. The third-order valence-corrected chi connectivity index (χ3v) is 5.96. The van der Waals surface area contributed by atoms with Crippen LogP contribution in [0.5, 0.6) is 0 Å². The van der Waals surface area contributed by atoms with E-state index in [2.05, 4.69) is 17.0 Å². The van der Waals surface area contributed by atoms with Crippen LogP contribution in [0.25, 0.3) is 0 Å². The summed E-state index contributed by atoms with van der Waals surface area (Å²) in [6.45, 7) is 5.22. The predicted molar refractivity (Wildman–Crippen MR) is 116 cm³/mol. The van der Waals surface area contributed by atoms with Crippen molar-refractivity contribution in [2.24, 2.45) is 0 Å². The molecular formula is C21H27ClN2O4S. The summed E-state index contributed by atoms with van der Waals surface area (Å²) in [5, 5.41) is 2.84. The number of ether oxygens (including phenoxy) is 1. The molecule has 0 atom stereocenters. The van der Waals surface area contributed by atoms with E-state index in [1.807, 2.05) is 19.1 Å². The summed E-state index contributed by atoms with van der Waals surface area (Å²) in [6.07, 6.45) is 3.15. The van der Waals surface area contributed by atoms with E-state index in [0.29, 0.717) is 25.4 Å². The number of sulfonamides is 1. The van der Waals surface area contributed by atoms with E-state index in [9.17, 15) is 13.2 Å². The Morgan fingerprint density at radius 2 is 1.83 bits per heavy atom. The van der Waals surface area contributed by atoms with Crippen LogP contribution >= 0.6 is 11.6 Å². The van der Waals surface area contributed by atoms with E-state index in [-0.39, 0.29) is 15.5 Å². The van der Waals surface area contributed by atoms with Gasteiger partial charge in [0, 0.05) is 18.8 Å². The lowest BCUT2D eigenvalue weighted by atomic mass is 10.1. The van der Waals surface area contributed by atoms with Crippen molar-refractivity contribution in [3.63, 3.8) is 0 Å². The van der Waals surface area contributed by atoms with Gasteiger partial charge in [0.2, 0.25) is 0 Å². The third-order valence-electron chi connectivity index (χ3n) is 4.25. The zero-order valence-corrected chi connectivity index (χ0v) is 18.3. The quantitative estimate of drug-likeness (QED) is 0.513. The summed E-state index contributed by atoms with van der Waals surface area (Å²) in [6, 6.07) is 11.3. The molecule has 2 aromatic carbocycles. The molecule has 2 rings (SSSR count). The van der Waals surface area contributed by atoms with Gasteiger partial charge >= 0.3 is 0 Å². The number of benzene rings is 2. The van der Waals surface area contributed by atoms with Crippen LogP contribution in [0.1, 0.15) is 42.6 Å². The lowest BCUT2D eigenvalue weighted by molar-refractivity contribution is 0.0922. The maximum Gasteiger partial charge on any atom is 0.261 e. The second-order valence-corrected chi connectivity index (χ2v) is 8.59. The number of anilines is 1. The van der Waals surface area contributed by atoms with Crippen LogP contribution in [0.15, 0.2) is 47.4 Å². The van der Waals surface area contributed by atoms with Gasteiger partial charge in [-0.3, -0.25) is 9.52 Å². The molecule has 0 aliphatic carbocycles. The SMILES string of the molecule is CCCCc1ccc(NS(=O)(=O)c2ccc(Cl)c(C(=O)NCCOCC)c2)cc1. The minimum atomic E-state index is -3.86. The number of rotatable bonds is 11. The third kappa shape index (κ3) is 7.03. The molecule has 1 amide bonds. The van der Waals surface area contributed by atoms with Crippen LogP contribution in [0.4, 0.5) is 5.69 Å². The summed E-state index contributed by atoms with van der Waals surface area (Å²) >= 11 is 6.09. The number of unbranched alkanes of at least 4 members (excludes halogenated alkanes) is 1. The molecule has 0 aromatic heterocycles. The van der Waals surface area contributed by atoms with Gasteiger partial charge in [-0.15, -0.1) is 0 Å². The highest BCUT2D eigenvalue weighted by molar-refractivity contribution is 7.92. The Kier molecular flexibility index (Phi) is 8.95. The second-order valence-electron chi connectivity index (χ2n) is 6.50. The topological polar surface area (TPSA) is 84.5 Å². The van der Waals surface area contributed by atoms with Gasteiger partial charge in [-0.2, -0.15) is 0 Å². The highest BCUT2D eigenvalue weighted by Crippen LogP contribution is 2.23. The van der Waals surface area contributed by atoms with E-state index in [4.69, 9.17) is 16.3 Å². The maximum atomic E-state index is 12.7. The molecule has 2 N–H and O–H groups in total. The van der Waals surface area contributed by atoms with Crippen LogP contribution in [0.2, 0.25) is 5.02 Å². The van der Waals surface area contributed by atoms with Crippen molar-refractivity contribution in [2.75, 3.05) is 24.5 Å². The predicted octanol–water partition coefficient (Wildman–Crippen LogP) is 4.25. The molecule has 2 aromatic rings. The Morgan fingerprint density at radius 3 is 2.48 bits per heavy atom. The molecule has 0 bridgehead atoms. The van der Waals surface area contributed by atoms with Crippen molar-refractivity contribution in [3.05, 3.63) is 58.6 Å². The lowest BCUT2D eigenvalue weighted by Gasteiger charge is -2.11. The average molecular weight is 439 g/mol. The number of amides is 1. The number of nitrogens with one attached hydrogen (secondary N) is 2. The first-order chi connectivity index (χ1) is 13.9. The number of hydrogen-bond donors (Lipinski definition) is 2. The highest BCUT2D eigenvalue weighted by atomic mass is 35.5. The molecule has 0 saturated carbocycles. The Morgan fingerprint density at radius 1 is 1.10 bits per heavy atom. The van der Waals surface area contributed by atoms with Gasteiger partial charge in [0.25, 0.3) is 15.9 Å². The second kappa shape index (κ2) is 11.2. The standard InChI is InChI=1S/C21H27ClN2O4S/c1-3-5-6-16-7-9-17(10-8-16)24-29(26,27)18-11-12-20(22)19(15-18)21(25)23-13-14-28-4-2/h7-12,15,24H,3-6,13-14H2,1-2H3,(H,23,25). The molecule has 0 fully saturated rings. The molecule has 6 nitrogen and oxygen atoms in total. The summed E-state index contributed by atoms with van der Waals surface area (Å²) < 4.78 is 33.2. The summed E-state index contributed by atoms with van der Waals surface area (Å²) in [5.74, 6) is -0.452. The highest BCUT2D eigenvalue weighted by Gasteiger charge is 2.19. The van der Waals surface area contributed by atoms with Gasteiger partial charge < -0.3 is 10.1 Å². The molecule has 0 heterocycles. The molecule has 0 spiro atoms. The summed E-state index contributed by atoms with van der Waals surface area (Å²) in [4.78, 5) is 12.3. The number of halogens is 1. The smallest absolute Gasteiger partial charge is 0.261 e. The largest absolute Gasteiger partial charge is 0.380 e. The van der Waals surface area contributed by atoms with Crippen LogP contribution in [0, 0.1) is 0 Å². The molecule has 29 heavy (non-hydrogen) atoms. The lowest BCUT2D eigenvalue weighted by Crippen LogP contribution is -2.27. The van der Waals surface area contributed by atoms with Crippen LogP contribution in [0.3, 0.4) is 0 Å². The molecular weight excluding hydrogens is 412 g/mol. The van der Waals surface area contributed by atoms with Gasteiger partial charge in [-0.25, -0.2) is 8.42 Å². The van der Waals surface area contributed by atoms with Gasteiger partial charge in [-0.05, 0) is 55.7 Å². The molecule has 0 aliphatic rings. The minimum absolute atomic E-state index is 0.0353. The van der Waals surface area contributed by atoms with E-state index >= 15 is 0 Å². The Bertz CT molecular complexity index is 915. The first kappa shape index (κ1) is 23.2. The van der Waals surface area contributed by atoms with E-state index < -0.39 is 15.9 Å². The normalized spacial score (nSPS) is 11.3. The van der Waals surface area contributed by atoms with Gasteiger partial charge in [0.05, 0.1) is 22.1 Å². The monoisotopic (exact) mass is 438 g/mol. The molecule has 8 heteroatoms. The first-order valence-corrected chi connectivity index (χ1v) is 11.5. The molecule has 0 unspecified atom stereocenters. The minimum Gasteiger partial charge on any atom is -0.380 e. The average Bonchev–Trinajstić information content (AvgIpc) is 2.70. The number of aryl methyl sites for hydroxylation is 1. The number of carbonyl (C=O) groups is 1. The van der Waals surface area contributed by atoms with Crippen molar-refractivity contribution in [1.82, 2.24) is 5.32 Å². The van der Waals surface area contributed by atoms with Crippen molar-refractivity contribution in [1.29, 1.82) is 0 Å². The fourth-order valence-corrected chi connectivity index (χ4v) is 3.94. The van der Waals surface area contributed by atoms with Crippen molar-refractivity contribution < 1.29 is 17.9 Å². The molecule has 158 valence electrons. The van der Waals surface area contributed by atoms with Crippen LogP contribution in [-0.2, 0) is 21.2 Å². The molecule has 0 aliphatic heterocycles. The van der Waals surface area contributed by atoms with Crippen LogP contribution in [-0.4, -0.2) is 34.1 Å². The Labute approximate surface area is 177 Å². The maximum absolute atomic E-state index is 12.7.